The van der Waals surface area contributed by atoms with E-state index in [9.17, 15) is 4.79 Å². The van der Waals surface area contributed by atoms with Gasteiger partial charge in [0, 0.05) is 17.3 Å². The van der Waals surface area contributed by atoms with Gasteiger partial charge in [-0.05, 0) is 37.8 Å². The molecule has 0 radical (unpaired) electrons. The molecule has 1 atom stereocenters. The minimum Gasteiger partial charge on any atom is -0.497 e. The summed E-state index contributed by atoms with van der Waals surface area (Å²) in [4.78, 5) is 19.6. The van der Waals surface area contributed by atoms with E-state index in [2.05, 4.69) is 22.2 Å². The van der Waals surface area contributed by atoms with Gasteiger partial charge in [0.15, 0.2) is 5.17 Å². The number of carbonyl (C=O) groups excluding carboxylic acids is 1. The number of rotatable bonds is 6. The smallest absolute Gasteiger partial charge is 0.338 e. The zero-order valence-corrected chi connectivity index (χ0v) is 17.1. The molecule has 0 saturated heterocycles. The fraction of sp³-hybridized carbons (Fsp3) is 0.400. The van der Waals surface area contributed by atoms with Crippen molar-refractivity contribution in [2.45, 2.75) is 33.2 Å². The number of ether oxygens (including phenoxy) is 3. The fourth-order valence-corrected chi connectivity index (χ4v) is 4.35. The number of carbonyl (C=O) groups is 1. The van der Waals surface area contributed by atoms with Crippen LogP contribution < -0.4 is 9.47 Å². The van der Waals surface area contributed by atoms with Gasteiger partial charge in [-0.3, -0.25) is 0 Å². The van der Waals surface area contributed by atoms with E-state index >= 15 is 0 Å². The first-order valence-electron chi connectivity index (χ1n) is 8.89. The molecule has 0 saturated carbocycles. The van der Waals surface area contributed by atoms with E-state index in [0.29, 0.717) is 29.4 Å². The van der Waals surface area contributed by atoms with Crippen molar-refractivity contribution in [3.63, 3.8) is 0 Å². The lowest BCUT2D eigenvalue weighted by Crippen LogP contribution is -2.36. The van der Waals surface area contributed by atoms with E-state index in [4.69, 9.17) is 14.2 Å². The molecule has 0 bridgehead atoms. The Bertz CT molecular complexity index is 844. The van der Waals surface area contributed by atoms with Gasteiger partial charge in [0.05, 0.1) is 38.1 Å². The van der Waals surface area contributed by atoms with Gasteiger partial charge in [-0.1, -0.05) is 18.7 Å². The van der Waals surface area contributed by atoms with Gasteiger partial charge in [0.25, 0.3) is 0 Å². The molecule has 0 spiro atoms. The summed E-state index contributed by atoms with van der Waals surface area (Å²) >= 11 is 1.57. The number of amidine groups is 1. The van der Waals surface area contributed by atoms with Crippen molar-refractivity contribution in [1.29, 1.82) is 0 Å². The minimum absolute atomic E-state index is 0.309. The predicted molar refractivity (Wildman–Crippen MR) is 107 cm³/mol. The molecule has 0 amide bonds. The van der Waals surface area contributed by atoms with Crippen LogP contribution in [-0.4, -0.2) is 36.9 Å². The van der Waals surface area contributed by atoms with Gasteiger partial charge in [-0.15, -0.1) is 0 Å². The Labute approximate surface area is 163 Å². The van der Waals surface area contributed by atoms with Crippen LogP contribution in [0.2, 0.25) is 0 Å². The molecule has 0 aromatic heterocycles. The van der Waals surface area contributed by atoms with Crippen molar-refractivity contribution in [3.05, 3.63) is 46.1 Å². The molecule has 2 aliphatic rings. The molecule has 1 aromatic rings. The highest BCUT2D eigenvalue weighted by Gasteiger charge is 2.41. The molecule has 0 unspecified atom stereocenters. The van der Waals surface area contributed by atoms with E-state index in [1.165, 1.54) is 0 Å². The van der Waals surface area contributed by atoms with Crippen LogP contribution in [0.25, 0.3) is 0 Å². The molecule has 2 aliphatic heterocycles. The quantitative estimate of drug-likeness (QED) is 0.679. The predicted octanol–water partition coefficient (Wildman–Crippen LogP) is 4.25. The zero-order valence-electron chi connectivity index (χ0n) is 16.2. The van der Waals surface area contributed by atoms with Crippen LogP contribution in [0.5, 0.6) is 11.5 Å². The number of nitrogens with zero attached hydrogens (tertiary/aromatic N) is 2. The lowest BCUT2D eigenvalue weighted by atomic mass is 9.93. The summed E-state index contributed by atoms with van der Waals surface area (Å²) in [7, 11) is 3.23. The number of fused-ring (bicyclic) bond motifs is 1. The highest BCUT2D eigenvalue weighted by atomic mass is 32.2. The number of hydrogen-bond acceptors (Lipinski definition) is 7. The van der Waals surface area contributed by atoms with Gasteiger partial charge in [-0.2, -0.15) is 0 Å². The first-order valence-corrected chi connectivity index (χ1v) is 9.77. The normalized spacial score (nSPS) is 18.7. The van der Waals surface area contributed by atoms with Crippen LogP contribution in [0.3, 0.4) is 0 Å². The number of benzene rings is 1. The van der Waals surface area contributed by atoms with Crippen LogP contribution in [0.15, 0.2) is 45.6 Å². The second-order valence-electron chi connectivity index (χ2n) is 6.07. The molecule has 0 N–H and O–H groups in total. The Morgan fingerprint density at radius 3 is 2.67 bits per heavy atom. The van der Waals surface area contributed by atoms with Crippen LogP contribution in [0, 0.1) is 0 Å². The van der Waals surface area contributed by atoms with E-state index in [1.54, 1.807) is 32.9 Å². The number of allylic oxidation sites excluding steroid dienone is 2. The summed E-state index contributed by atoms with van der Waals surface area (Å²) in [5.41, 5.74) is 3.18. The van der Waals surface area contributed by atoms with Crippen LogP contribution >= 0.6 is 11.8 Å². The minimum atomic E-state index is -0.362. The van der Waals surface area contributed by atoms with Crippen molar-refractivity contribution in [2.75, 3.05) is 20.8 Å². The Morgan fingerprint density at radius 1 is 1.26 bits per heavy atom. The van der Waals surface area contributed by atoms with Gasteiger partial charge in [0.1, 0.15) is 11.5 Å². The molecule has 0 fully saturated rings. The molecule has 7 heteroatoms. The third-order valence-corrected chi connectivity index (χ3v) is 5.48. The van der Waals surface area contributed by atoms with Crippen molar-refractivity contribution in [1.82, 2.24) is 4.90 Å². The Balaban J connectivity index is 2.19. The van der Waals surface area contributed by atoms with Gasteiger partial charge in [0.2, 0.25) is 0 Å². The number of thioether (sulfide) groups is 1. The first kappa shape index (κ1) is 19.4. The monoisotopic (exact) mass is 388 g/mol. The molecule has 144 valence electrons. The topological polar surface area (TPSA) is 60.4 Å². The summed E-state index contributed by atoms with van der Waals surface area (Å²) in [6.07, 6.45) is 0.830. The van der Waals surface area contributed by atoms with Crippen molar-refractivity contribution in [3.8, 4) is 11.5 Å². The summed E-state index contributed by atoms with van der Waals surface area (Å²) in [6, 6.07) is 5.28. The van der Waals surface area contributed by atoms with Crippen LogP contribution in [-0.2, 0) is 9.53 Å². The average Bonchev–Trinajstić information content (AvgIpc) is 3.09. The fourth-order valence-electron chi connectivity index (χ4n) is 3.31. The lowest BCUT2D eigenvalue weighted by molar-refractivity contribution is -0.139. The Kier molecular flexibility index (Phi) is 5.79. The highest BCUT2D eigenvalue weighted by Crippen LogP contribution is 2.47. The summed E-state index contributed by atoms with van der Waals surface area (Å²) < 4.78 is 16.3. The summed E-state index contributed by atoms with van der Waals surface area (Å²) in [5.74, 6) is 0.997. The maximum atomic E-state index is 12.8. The number of hydrogen-bond donors (Lipinski definition) is 0. The summed E-state index contributed by atoms with van der Waals surface area (Å²) in [6.45, 7) is 6.05. The van der Waals surface area contributed by atoms with E-state index in [1.807, 2.05) is 25.1 Å². The van der Waals surface area contributed by atoms with Gasteiger partial charge >= 0.3 is 5.97 Å². The maximum Gasteiger partial charge on any atom is 0.338 e. The third-order valence-electron chi connectivity index (χ3n) is 4.59. The number of methoxy groups -OCH3 is 2. The first-order chi connectivity index (χ1) is 13.0. The maximum absolute atomic E-state index is 12.8. The molecule has 6 nitrogen and oxygen atoms in total. The lowest BCUT2D eigenvalue weighted by Gasteiger charge is -2.36. The van der Waals surface area contributed by atoms with Crippen molar-refractivity contribution >= 4 is 22.9 Å². The van der Waals surface area contributed by atoms with E-state index in [-0.39, 0.29) is 12.0 Å². The number of esters is 1. The van der Waals surface area contributed by atoms with Crippen molar-refractivity contribution < 1.29 is 19.0 Å². The Hall–Kier alpha value is -2.41. The molecular weight excluding hydrogens is 364 g/mol. The largest absolute Gasteiger partial charge is 0.497 e. The van der Waals surface area contributed by atoms with Gasteiger partial charge in [-0.25, -0.2) is 9.79 Å². The second-order valence-corrected chi connectivity index (χ2v) is 6.91. The van der Waals surface area contributed by atoms with Gasteiger partial charge < -0.3 is 19.1 Å². The average molecular weight is 388 g/mol. The van der Waals surface area contributed by atoms with Crippen LogP contribution in [0.1, 0.15) is 38.8 Å². The molecule has 0 aliphatic carbocycles. The van der Waals surface area contributed by atoms with Crippen LogP contribution in [0.4, 0.5) is 0 Å². The third kappa shape index (κ3) is 3.43. The van der Waals surface area contributed by atoms with Crippen molar-refractivity contribution in [2.24, 2.45) is 4.99 Å². The summed E-state index contributed by atoms with van der Waals surface area (Å²) in [5, 5.41) is 2.95. The molecule has 3 rings (SSSR count). The zero-order chi connectivity index (χ0) is 19.6. The molecular formula is C20H24N2O4S. The number of aliphatic imine (C=N–C) groups is 1. The standard InChI is InChI=1S/C20H24N2O4S/c1-6-13-11-27-20-21-12(3)17(19(23)26-7-2)18(22(13)20)15-9-8-14(24-4)10-16(15)25-5/h8-11,18H,6-7H2,1-5H3/t18-/m0/s1. The molecule has 2 heterocycles. The molecule has 1 aromatic carbocycles. The second kappa shape index (κ2) is 8.08. The highest BCUT2D eigenvalue weighted by molar-refractivity contribution is 8.16. The van der Waals surface area contributed by atoms with E-state index < -0.39 is 0 Å². The van der Waals surface area contributed by atoms with E-state index in [0.717, 1.165) is 22.8 Å². The molecule has 27 heavy (non-hydrogen) atoms. The SMILES string of the molecule is CCOC(=O)C1=C(C)N=C2SC=C(CC)N2[C@H]1c1ccc(OC)cc1OC. The Morgan fingerprint density at radius 2 is 2.04 bits per heavy atom.